The summed E-state index contributed by atoms with van der Waals surface area (Å²) in [7, 11) is 1.69. The van der Waals surface area contributed by atoms with Gasteiger partial charge in [0, 0.05) is 12.8 Å². The summed E-state index contributed by atoms with van der Waals surface area (Å²) in [6.07, 6.45) is 5.37. The minimum absolute atomic E-state index is 0.897. The lowest BCUT2D eigenvalue weighted by Gasteiger charge is -1.94. The molecular formula is C9H14N2. The summed E-state index contributed by atoms with van der Waals surface area (Å²) < 4.78 is 0. The smallest absolute Gasteiger partial charge is 0.109 e. The monoisotopic (exact) mass is 150 g/mol. The third-order valence-electron chi connectivity index (χ3n) is 1.20. The van der Waals surface area contributed by atoms with Crippen LogP contribution >= 0.6 is 0 Å². The summed E-state index contributed by atoms with van der Waals surface area (Å²) in [6.45, 7) is 7.68. The fourth-order valence-corrected chi connectivity index (χ4v) is 0.549. The SMILES string of the molecule is C=C(/C=C\C)C(C)=NC=NC. The molecule has 0 bridgehead atoms. The van der Waals surface area contributed by atoms with Crippen molar-refractivity contribution >= 4 is 12.1 Å². The van der Waals surface area contributed by atoms with Gasteiger partial charge < -0.3 is 0 Å². The van der Waals surface area contributed by atoms with E-state index in [1.807, 2.05) is 26.0 Å². The summed E-state index contributed by atoms with van der Waals surface area (Å²) in [6, 6.07) is 0. The summed E-state index contributed by atoms with van der Waals surface area (Å²) in [4.78, 5) is 7.78. The predicted molar refractivity (Wildman–Crippen MR) is 51.5 cm³/mol. The van der Waals surface area contributed by atoms with E-state index in [4.69, 9.17) is 0 Å². The number of nitrogens with zero attached hydrogens (tertiary/aromatic N) is 2. The van der Waals surface area contributed by atoms with Crippen LogP contribution in [0.15, 0.2) is 34.3 Å². The van der Waals surface area contributed by atoms with Crippen LogP contribution < -0.4 is 0 Å². The topological polar surface area (TPSA) is 24.7 Å². The van der Waals surface area contributed by atoms with E-state index in [1.165, 1.54) is 6.34 Å². The Morgan fingerprint density at radius 3 is 2.55 bits per heavy atom. The van der Waals surface area contributed by atoms with Gasteiger partial charge in [-0.25, -0.2) is 4.99 Å². The van der Waals surface area contributed by atoms with Gasteiger partial charge in [-0.15, -0.1) is 0 Å². The molecular weight excluding hydrogens is 136 g/mol. The molecule has 0 radical (unpaired) electrons. The zero-order valence-corrected chi connectivity index (χ0v) is 7.33. The maximum Gasteiger partial charge on any atom is 0.109 e. The van der Waals surface area contributed by atoms with Gasteiger partial charge in [-0.05, 0) is 19.4 Å². The molecule has 0 aliphatic heterocycles. The lowest BCUT2D eigenvalue weighted by atomic mass is 10.2. The van der Waals surface area contributed by atoms with Crippen LogP contribution in [-0.2, 0) is 0 Å². The van der Waals surface area contributed by atoms with Crippen LogP contribution in [0.5, 0.6) is 0 Å². The van der Waals surface area contributed by atoms with Gasteiger partial charge >= 0.3 is 0 Å². The van der Waals surface area contributed by atoms with Crippen molar-refractivity contribution in [1.82, 2.24) is 0 Å². The first-order chi connectivity index (χ1) is 5.22. The van der Waals surface area contributed by atoms with Crippen LogP contribution in [0.25, 0.3) is 0 Å². The normalized spacial score (nSPS) is 13.2. The molecule has 2 heteroatoms. The average molecular weight is 150 g/mol. The van der Waals surface area contributed by atoms with Gasteiger partial charge in [-0.2, -0.15) is 0 Å². The lowest BCUT2D eigenvalue weighted by Crippen LogP contribution is -1.92. The quantitative estimate of drug-likeness (QED) is 0.335. The van der Waals surface area contributed by atoms with Crippen molar-refractivity contribution in [3.05, 3.63) is 24.3 Å². The Morgan fingerprint density at radius 1 is 1.45 bits per heavy atom. The highest BCUT2D eigenvalue weighted by molar-refractivity contribution is 6.03. The molecule has 0 atom stereocenters. The molecule has 60 valence electrons. The Labute approximate surface area is 68.1 Å². The zero-order valence-electron chi connectivity index (χ0n) is 7.33. The van der Waals surface area contributed by atoms with E-state index in [-0.39, 0.29) is 0 Å². The van der Waals surface area contributed by atoms with E-state index in [1.54, 1.807) is 7.05 Å². The van der Waals surface area contributed by atoms with Gasteiger partial charge in [0.2, 0.25) is 0 Å². The van der Waals surface area contributed by atoms with Crippen LogP contribution in [0.4, 0.5) is 0 Å². The molecule has 2 nitrogen and oxygen atoms in total. The largest absolute Gasteiger partial charge is 0.277 e. The van der Waals surface area contributed by atoms with Crippen molar-refractivity contribution in [2.24, 2.45) is 9.98 Å². The lowest BCUT2D eigenvalue weighted by molar-refractivity contribution is 1.44. The maximum absolute atomic E-state index is 4.04. The molecule has 0 aromatic carbocycles. The molecule has 0 rings (SSSR count). The molecule has 11 heavy (non-hydrogen) atoms. The number of rotatable bonds is 3. The highest BCUT2D eigenvalue weighted by Crippen LogP contribution is 1.95. The minimum atomic E-state index is 0.897. The van der Waals surface area contributed by atoms with Crippen molar-refractivity contribution in [3.8, 4) is 0 Å². The number of aliphatic imine (C=N–C) groups is 2. The van der Waals surface area contributed by atoms with Gasteiger partial charge in [-0.1, -0.05) is 18.7 Å². The fourth-order valence-electron chi connectivity index (χ4n) is 0.549. The van der Waals surface area contributed by atoms with E-state index in [0.29, 0.717) is 0 Å². The third-order valence-corrected chi connectivity index (χ3v) is 1.20. The fraction of sp³-hybridized carbons (Fsp3) is 0.333. The molecule has 0 aromatic rings. The van der Waals surface area contributed by atoms with E-state index in [9.17, 15) is 0 Å². The Bertz CT molecular complexity index is 210. The Kier molecular flexibility index (Phi) is 4.99. The summed E-state index contributed by atoms with van der Waals surface area (Å²) >= 11 is 0. The average Bonchev–Trinajstić information content (AvgIpc) is 2.00. The first-order valence-corrected chi connectivity index (χ1v) is 3.49. The summed E-state index contributed by atoms with van der Waals surface area (Å²) in [5.74, 6) is 0. The van der Waals surface area contributed by atoms with Crippen LogP contribution in [0.2, 0.25) is 0 Å². The van der Waals surface area contributed by atoms with E-state index < -0.39 is 0 Å². The second-order valence-corrected chi connectivity index (χ2v) is 2.11. The van der Waals surface area contributed by atoms with Gasteiger partial charge in [0.05, 0.1) is 0 Å². The van der Waals surface area contributed by atoms with E-state index in [2.05, 4.69) is 16.6 Å². The number of allylic oxidation sites excluding steroid dienone is 3. The van der Waals surface area contributed by atoms with E-state index in [0.717, 1.165) is 11.3 Å². The van der Waals surface area contributed by atoms with Gasteiger partial charge in [-0.3, -0.25) is 4.99 Å². The standard InChI is InChI=1S/C9H14N2/c1-5-6-8(2)9(3)11-7-10-4/h5-7H,2H2,1,3-4H3/b6-5-,10-7?,11-9?. The molecule has 0 fully saturated rings. The first kappa shape index (κ1) is 9.82. The first-order valence-electron chi connectivity index (χ1n) is 3.49. The Balaban J connectivity index is 4.23. The number of hydrogen-bond donors (Lipinski definition) is 0. The molecule has 0 amide bonds. The van der Waals surface area contributed by atoms with Crippen molar-refractivity contribution in [3.63, 3.8) is 0 Å². The van der Waals surface area contributed by atoms with Crippen molar-refractivity contribution in [2.45, 2.75) is 13.8 Å². The summed E-state index contributed by atoms with van der Waals surface area (Å²) in [5.41, 5.74) is 1.82. The van der Waals surface area contributed by atoms with Crippen LogP contribution in [0.1, 0.15) is 13.8 Å². The van der Waals surface area contributed by atoms with Crippen LogP contribution in [0, 0.1) is 0 Å². The number of hydrogen-bond acceptors (Lipinski definition) is 1. The van der Waals surface area contributed by atoms with Crippen LogP contribution in [0.3, 0.4) is 0 Å². The van der Waals surface area contributed by atoms with Gasteiger partial charge in [0.1, 0.15) is 6.34 Å². The molecule has 0 spiro atoms. The maximum atomic E-state index is 4.04. The molecule has 0 N–H and O–H groups in total. The van der Waals surface area contributed by atoms with Crippen LogP contribution in [-0.4, -0.2) is 19.1 Å². The molecule has 0 heterocycles. The second-order valence-electron chi connectivity index (χ2n) is 2.11. The summed E-state index contributed by atoms with van der Waals surface area (Å²) in [5, 5.41) is 0. The second kappa shape index (κ2) is 5.59. The molecule has 0 saturated carbocycles. The highest BCUT2D eigenvalue weighted by atomic mass is 14.8. The molecule has 0 unspecified atom stereocenters. The predicted octanol–water partition coefficient (Wildman–Crippen LogP) is 2.24. The Hall–Kier alpha value is -1.18. The van der Waals surface area contributed by atoms with Crippen molar-refractivity contribution in [1.29, 1.82) is 0 Å². The van der Waals surface area contributed by atoms with Crippen molar-refractivity contribution < 1.29 is 0 Å². The molecule has 0 aliphatic rings. The molecule has 0 saturated heterocycles. The van der Waals surface area contributed by atoms with Gasteiger partial charge in [0.15, 0.2) is 0 Å². The minimum Gasteiger partial charge on any atom is -0.277 e. The van der Waals surface area contributed by atoms with Gasteiger partial charge in [0.25, 0.3) is 0 Å². The Morgan fingerprint density at radius 2 is 2.09 bits per heavy atom. The van der Waals surface area contributed by atoms with E-state index >= 15 is 0 Å². The third kappa shape index (κ3) is 4.25. The van der Waals surface area contributed by atoms with Crippen molar-refractivity contribution in [2.75, 3.05) is 7.05 Å². The zero-order chi connectivity index (χ0) is 8.69. The molecule has 0 aromatic heterocycles. The molecule has 0 aliphatic carbocycles. The highest BCUT2D eigenvalue weighted by Gasteiger charge is 1.89.